The van der Waals surface area contributed by atoms with E-state index < -0.39 is 0 Å². The lowest BCUT2D eigenvalue weighted by Gasteiger charge is -2.22. The maximum absolute atomic E-state index is 11.7. The molecule has 1 atom stereocenters. The first-order valence-corrected chi connectivity index (χ1v) is 7.93. The summed E-state index contributed by atoms with van der Waals surface area (Å²) in [6, 6.07) is 10.0. The number of halogens is 1. The molecular formula is C17H27ClN2O2. The third-order valence-corrected chi connectivity index (χ3v) is 3.86. The first-order chi connectivity index (χ1) is 10.3. The topological polar surface area (TPSA) is 50.4 Å². The van der Waals surface area contributed by atoms with E-state index in [0.29, 0.717) is 25.6 Å². The van der Waals surface area contributed by atoms with Crippen LogP contribution < -0.4 is 10.6 Å². The van der Waals surface area contributed by atoms with Crippen molar-refractivity contribution in [2.45, 2.75) is 32.3 Å². The van der Waals surface area contributed by atoms with Gasteiger partial charge in [-0.1, -0.05) is 30.3 Å². The van der Waals surface area contributed by atoms with Gasteiger partial charge in [0.15, 0.2) is 0 Å². The fraction of sp³-hybridized carbons (Fsp3) is 0.588. The van der Waals surface area contributed by atoms with E-state index in [4.69, 9.17) is 4.74 Å². The maximum atomic E-state index is 11.7. The van der Waals surface area contributed by atoms with Gasteiger partial charge < -0.3 is 15.4 Å². The molecule has 0 aliphatic carbocycles. The maximum Gasteiger partial charge on any atom is 0.222 e. The number of carbonyl (C=O) groups excluding carboxylic acids is 1. The van der Waals surface area contributed by atoms with E-state index in [9.17, 15) is 4.79 Å². The number of amides is 1. The molecule has 0 saturated carbocycles. The molecule has 0 bridgehead atoms. The van der Waals surface area contributed by atoms with Crippen LogP contribution in [0.2, 0.25) is 0 Å². The third-order valence-electron chi connectivity index (χ3n) is 3.86. The fourth-order valence-electron chi connectivity index (χ4n) is 2.60. The molecule has 4 nitrogen and oxygen atoms in total. The Labute approximate surface area is 139 Å². The van der Waals surface area contributed by atoms with E-state index >= 15 is 0 Å². The minimum Gasteiger partial charge on any atom is -0.376 e. The Bertz CT molecular complexity index is 408. The van der Waals surface area contributed by atoms with Gasteiger partial charge in [-0.05, 0) is 43.8 Å². The molecule has 2 N–H and O–H groups in total. The van der Waals surface area contributed by atoms with Gasteiger partial charge in [0.05, 0.1) is 13.2 Å². The molecule has 22 heavy (non-hydrogen) atoms. The van der Waals surface area contributed by atoms with Gasteiger partial charge in [-0.3, -0.25) is 4.79 Å². The second-order valence-corrected chi connectivity index (χ2v) is 5.64. The molecule has 1 heterocycles. The zero-order valence-corrected chi connectivity index (χ0v) is 13.9. The molecule has 0 aromatic heterocycles. The Morgan fingerprint density at radius 2 is 2.14 bits per heavy atom. The molecule has 124 valence electrons. The van der Waals surface area contributed by atoms with E-state index in [0.717, 1.165) is 31.6 Å². The highest BCUT2D eigenvalue weighted by Gasteiger charge is 2.12. The average molecular weight is 327 g/mol. The van der Waals surface area contributed by atoms with Crippen LogP contribution in [0, 0.1) is 5.92 Å². The Morgan fingerprint density at radius 3 is 2.86 bits per heavy atom. The van der Waals surface area contributed by atoms with Crippen molar-refractivity contribution in [1.82, 2.24) is 10.6 Å². The van der Waals surface area contributed by atoms with Crippen molar-refractivity contribution in [2.75, 3.05) is 26.2 Å². The molecule has 1 amide bonds. The lowest BCUT2D eigenvalue weighted by molar-refractivity contribution is -0.122. The highest BCUT2D eigenvalue weighted by atomic mass is 35.5. The van der Waals surface area contributed by atoms with Gasteiger partial charge in [0.25, 0.3) is 0 Å². The highest BCUT2D eigenvalue weighted by Crippen LogP contribution is 2.12. The molecule has 1 aliphatic heterocycles. The largest absolute Gasteiger partial charge is 0.376 e. The molecule has 1 aromatic carbocycles. The summed E-state index contributed by atoms with van der Waals surface area (Å²) in [6.45, 7) is 4.06. The summed E-state index contributed by atoms with van der Waals surface area (Å²) < 4.78 is 5.52. The van der Waals surface area contributed by atoms with Gasteiger partial charge in [0, 0.05) is 13.0 Å². The zero-order valence-electron chi connectivity index (χ0n) is 13.1. The van der Waals surface area contributed by atoms with Gasteiger partial charge >= 0.3 is 0 Å². The summed E-state index contributed by atoms with van der Waals surface area (Å²) in [6.07, 6.45) is 4.05. The second-order valence-electron chi connectivity index (χ2n) is 5.64. The molecular weight excluding hydrogens is 300 g/mol. The summed E-state index contributed by atoms with van der Waals surface area (Å²) >= 11 is 0. The number of hydrogen-bond donors (Lipinski definition) is 2. The molecule has 5 heteroatoms. The van der Waals surface area contributed by atoms with Crippen LogP contribution in [0.15, 0.2) is 30.3 Å². The number of hydrogen-bond acceptors (Lipinski definition) is 3. The number of rotatable bonds is 8. The molecule has 1 aliphatic rings. The lowest BCUT2D eigenvalue weighted by atomic mass is 9.96. The first-order valence-electron chi connectivity index (χ1n) is 7.93. The standard InChI is InChI=1S/C17H26N2O2.ClH/c20-17(19-11-8-15-7-4-10-18-13-15)9-12-21-14-16-5-2-1-3-6-16;/h1-3,5-6,15,18H,4,7-14H2,(H,19,20);1H. The molecule has 1 unspecified atom stereocenters. The molecule has 1 aromatic rings. The normalized spacial score (nSPS) is 17.5. The Hall–Kier alpha value is -1.10. The average Bonchev–Trinajstić information content (AvgIpc) is 2.54. The van der Waals surface area contributed by atoms with Crippen LogP contribution in [0.3, 0.4) is 0 Å². The van der Waals surface area contributed by atoms with E-state index in [1.165, 1.54) is 12.8 Å². The number of piperidine rings is 1. The van der Waals surface area contributed by atoms with Crippen molar-refractivity contribution in [1.29, 1.82) is 0 Å². The van der Waals surface area contributed by atoms with Crippen LogP contribution in [0.25, 0.3) is 0 Å². The molecule has 0 radical (unpaired) electrons. The van der Waals surface area contributed by atoms with Crippen molar-refractivity contribution < 1.29 is 9.53 Å². The summed E-state index contributed by atoms with van der Waals surface area (Å²) in [7, 11) is 0. The van der Waals surface area contributed by atoms with Gasteiger partial charge in [0.1, 0.15) is 0 Å². The third kappa shape index (κ3) is 7.78. The monoisotopic (exact) mass is 326 g/mol. The van der Waals surface area contributed by atoms with Crippen LogP contribution >= 0.6 is 12.4 Å². The molecule has 0 spiro atoms. The Balaban J connectivity index is 0.00000242. The van der Waals surface area contributed by atoms with Crippen molar-refractivity contribution in [3.8, 4) is 0 Å². The predicted octanol–water partition coefficient (Wildman–Crippen LogP) is 2.52. The van der Waals surface area contributed by atoms with Crippen LogP contribution in [-0.2, 0) is 16.1 Å². The van der Waals surface area contributed by atoms with Gasteiger partial charge in [0.2, 0.25) is 5.91 Å². The van der Waals surface area contributed by atoms with Crippen molar-refractivity contribution in [2.24, 2.45) is 5.92 Å². The van der Waals surface area contributed by atoms with Crippen LogP contribution in [-0.4, -0.2) is 32.1 Å². The van der Waals surface area contributed by atoms with Gasteiger partial charge in [-0.25, -0.2) is 0 Å². The smallest absolute Gasteiger partial charge is 0.222 e. The van der Waals surface area contributed by atoms with Gasteiger partial charge in [-0.2, -0.15) is 0 Å². The number of ether oxygens (including phenoxy) is 1. The van der Waals surface area contributed by atoms with Crippen molar-refractivity contribution in [3.63, 3.8) is 0 Å². The first kappa shape index (κ1) is 18.9. The van der Waals surface area contributed by atoms with E-state index in [2.05, 4.69) is 10.6 Å². The molecule has 1 saturated heterocycles. The minimum atomic E-state index is 0. The Morgan fingerprint density at radius 1 is 1.32 bits per heavy atom. The molecule has 1 fully saturated rings. The summed E-state index contributed by atoms with van der Waals surface area (Å²) in [5.41, 5.74) is 1.14. The Kier molecular flexibility index (Phi) is 9.87. The second kappa shape index (κ2) is 11.5. The SMILES string of the molecule is Cl.O=C(CCOCc1ccccc1)NCCC1CCCNC1. The quantitative estimate of drug-likeness (QED) is 0.722. The fourth-order valence-corrected chi connectivity index (χ4v) is 2.60. The number of benzene rings is 1. The summed E-state index contributed by atoms with van der Waals surface area (Å²) in [4.78, 5) is 11.7. The van der Waals surface area contributed by atoms with Crippen molar-refractivity contribution >= 4 is 18.3 Å². The van der Waals surface area contributed by atoms with Crippen LogP contribution in [0.1, 0.15) is 31.2 Å². The van der Waals surface area contributed by atoms with Crippen LogP contribution in [0.5, 0.6) is 0 Å². The van der Waals surface area contributed by atoms with E-state index in [1.807, 2.05) is 30.3 Å². The van der Waals surface area contributed by atoms with E-state index in [-0.39, 0.29) is 18.3 Å². The molecule has 2 rings (SSSR count). The van der Waals surface area contributed by atoms with Crippen molar-refractivity contribution in [3.05, 3.63) is 35.9 Å². The lowest BCUT2D eigenvalue weighted by Crippen LogP contribution is -2.33. The van der Waals surface area contributed by atoms with Crippen LogP contribution in [0.4, 0.5) is 0 Å². The minimum absolute atomic E-state index is 0. The van der Waals surface area contributed by atoms with Gasteiger partial charge in [-0.15, -0.1) is 12.4 Å². The zero-order chi connectivity index (χ0) is 14.8. The highest BCUT2D eigenvalue weighted by molar-refractivity contribution is 5.85. The number of nitrogens with one attached hydrogen (secondary N) is 2. The summed E-state index contributed by atoms with van der Waals surface area (Å²) in [5.74, 6) is 0.806. The van der Waals surface area contributed by atoms with E-state index in [1.54, 1.807) is 0 Å². The summed E-state index contributed by atoms with van der Waals surface area (Å²) in [5, 5.41) is 6.38. The number of carbonyl (C=O) groups is 1. The predicted molar refractivity (Wildman–Crippen MR) is 91.2 cm³/mol.